The van der Waals surface area contributed by atoms with E-state index in [9.17, 15) is 8.42 Å². The summed E-state index contributed by atoms with van der Waals surface area (Å²) in [5.41, 5.74) is 0.527. The summed E-state index contributed by atoms with van der Waals surface area (Å²) in [6.07, 6.45) is 0. The average molecular weight is 343 g/mol. The fraction of sp³-hybridized carbons (Fsp3) is 0.400. The molecule has 1 aliphatic heterocycles. The second-order valence-electron chi connectivity index (χ2n) is 3.90. The van der Waals surface area contributed by atoms with Crippen molar-refractivity contribution in [3.05, 3.63) is 22.2 Å². The van der Waals surface area contributed by atoms with Crippen LogP contribution in [0.25, 0.3) is 0 Å². The van der Waals surface area contributed by atoms with Crippen LogP contribution in [0, 0.1) is 0 Å². The summed E-state index contributed by atoms with van der Waals surface area (Å²) in [5, 5.41) is 0.131. The quantitative estimate of drug-likeness (QED) is 0.827. The van der Waals surface area contributed by atoms with Gasteiger partial charge >= 0.3 is 0 Å². The Bertz CT molecular complexity index is 551. The van der Waals surface area contributed by atoms with Crippen molar-refractivity contribution in [3.8, 4) is 0 Å². The molecule has 5 nitrogen and oxygen atoms in total. The van der Waals surface area contributed by atoms with Gasteiger partial charge in [0.05, 0.1) is 23.3 Å². The Labute approximate surface area is 127 Å². The van der Waals surface area contributed by atoms with Gasteiger partial charge in [0.25, 0.3) is 0 Å². The first kappa shape index (κ1) is 15.2. The Hall–Kier alpha value is -0.180. The van der Waals surface area contributed by atoms with Gasteiger partial charge < -0.3 is 9.46 Å². The zero-order chi connectivity index (χ0) is 14.0. The van der Waals surface area contributed by atoms with Crippen LogP contribution in [0.3, 0.4) is 0 Å². The molecule has 0 saturated carbocycles. The largest absolute Gasteiger partial charge is 0.379 e. The molecule has 1 aromatic rings. The number of morpholine rings is 1. The van der Waals surface area contributed by atoms with Gasteiger partial charge in [-0.15, -0.1) is 0 Å². The first-order valence-electron chi connectivity index (χ1n) is 5.44. The normalized spacial score (nSPS) is 17.4. The number of thiol groups is 1. The van der Waals surface area contributed by atoms with Gasteiger partial charge in [0.2, 0.25) is 10.0 Å². The standard InChI is InChI=1S/C10H12Cl2N2O3S2/c11-8-5-7(13-18)6-9(12)10(8)19(15,16)14-1-3-17-4-2-14/h5-6,13,18H,1-4H2. The van der Waals surface area contributed by atoms with Crippen molar-refractivity contribution in [1.29, 1.82) is 0 Å². The number of benzene rings is 1. The maximum atomic E-state index is 12.5. The predicted octanol–water partition coefficient (Wildman–Crippen LogP) is 2.27. The number of nitrogens with zero attached hydrogens (tertiary/aromatic N) is 1. The van der Waals surface area contributed by atoms with Crippen molar-refractivity contribution in [3.63, 3.8) is 0 Å². The van der Waals surface area contributed by atoms with E-state index < -0.39 is 10.0 Å². The van der Waals surface area contributed by atoms with Gasteiger partial charge in [-0.2, -0.15) is 4.31 Å². The van der Waals surface area contributed by atoms with E-state index in [1.807, 2.05) is 0 Å². The minimum absolute atomic E-state index is 0.0653. The van der Waals surface area contributed by atoms with Crippen molar-refractivity contribution in [2.75, 3.05) is 31.0 Å². The van der Waals surface area contributed by atoms with Crippen LogP contribution in [-0.4, -0.2) is 39.0 Å². The second kappa shape index (κ2) is 6.07. The lowest BCUT2D eigenvalue weighted by Gasteiger charge is -2.26. The number of sulfonamides is 1. The van der Waals surface area contributed by atoms with Crippen LogP contribution in [-0.2, 0) is 14.8 Å². The van der Waals surface area contributed by atoms with Crippen LogP contribution in [0.4, 0.5) is 5.69 Å². The fourth-order valence-electron chi connectivity index (χ4n) is 1.79. The maximum absolute atomic E-state index is 12.5. The molecule has 19 heavy (non-hydrogen) atoms. The van der Waals surface area contributed by atoms with Gasteiger partial charge in [-0.25, -0.2) is 8.42 Å². The van der Waals surface area contributed by atoms with E-state index in [0.29, 0.717) is 32.0 Å². The molecule has 1 N–H and O–H groups in total. The smallest absolute Gasteiger partial charge is 0.246 e. The number of rotatable bonds is 3. The van der Waals surface area contributed by atoms with Crippen LogP contribution in [0.5, 0.6) is 0 Å². The van der Waals surface area contributed by atoms with E-state index in [1.165, 1.54) is 16.4 Å². The summed E-state index contributed by atoms with van der Waals surface area (Å²) in [6, 6.07) is 2.93. The van der Waals surface area contributed by atoms with Gasteiger partial charge in [0.15, 0.2) is 0 Å². The van der Waals surface area contributed by atoms with Crippen LogP contribution in [0.2, 0.25) is 10.0 Å². The zero-order valence-corrected chi connectivity index (χ0v) is 13.0. The number of nitrogens with one attached hydrogen (secondary N) is 1. The van der Waals surface area contributed by atoms with Crippen LogP contribution >= 0.6 is 36.0 Å². The molecule has 9 heteroatoms. The third kappa shape index (κ3) is 3.12. The monoisotopic (exact) mass is 342 g/mol. The van der Waals surface area contributed by atoms with Crippen LogP contribution in [0.1, 0.15) is 0 Å². The molecule has 1 saturated heterocycles. The first-order chi connectivity index (χ1) is 8.96. The lowest BCUT2D eigenvalue weighted by atomic mass is 10.3. The highest BCUT2D eigenvalue weighted by Gasteiger charge is 2.30. The van der Waals surface area contributed by atoms with Crippen LogP contribution < -0.4 is 4.72 Å². The molecule has 0 unspecified atom stereocenters. The highest BCUT2D eigenvalue weighted by molar-refractivity contribution is 7.89. The number of hydrogen-bond donors (Lipinski definition) is 2. The minimum atomic E-state index is -3.71. The molecule has 1 aromatic carbocycles. The Morgan fingerprint density at radius 2 is 1.74 bits per heavy atom. The summed E-state index contributed by atoms with van der Waals surface area (Å²) in [5.74, 6) is 0. The van der Waals surface area contributed by atoms with Crippen molar-refractivity contribution in [2.24, 2.45) is 0 Å². The van der Waals surface area contributed by atoms with Gasteiger partial charge in [-0.1, -0.05) is 36.0 Å². The van der Waals surface area contributed by atoms with Crippen molar-refractivity contribution >= 4 is 51.7 Å². The van der Waals surface area contributed by atoms with Crippen molar-refractivity contribution < 1.29 is 13.2 Å². The molecule has 1 heterocycles. The molecular formula is C10H12Cl2N2O3S2. The maximum Gasteiger partial charge on any atom is 0.246 e. The van der Waals surface area contributed by atoms with E-state index >= 15 is 0 Å². The van der Waals surface area contributed by atoms with E-state index in [4.69, 9.17) is 27.9 Å². The second-order valence-corrected chi connectivity index (χ2v) is 6.81. The van der Waals surface area contributed by atoms with Gasteiger partial charge in [0.1, 0.15) is 4.90 Å². The van der Waals surface area contributed by atoms with E-state index in [-0.39, 0.29) is 14.9 Å². The number of ether oxygens (including phenoxy) is 1. The number of hydrogen-bond acceptors (Lipinski definition) is 5. The summed E-state index contributed by atoms with van der Waals surface area (Å²) >= 11 is 15.9. The molecule has 0 aromatic heterocycles. The summed E-state index contributed by atoms with van der Waals surface area (Å²) in [4.78, 5) is -0.0786. The molecule has 0 aliphatic carbocycles. The molecule has 0 atom stereocenters. The molecule has 0 bridgehead atoms. The molecule has 0 radical (unpaired) electrons. The number of halogens is 2. The first-order valence-corrected chi connectivity index (χ1v) is 8.08. The molecule has 1 aliphatic rings. The zero-order valence-electron chi connectivity index (χ0n) is 9.77. The highest BCUT2D eigenvalue weighted by Crippen LogP contribution is 2.35. The fourth-order valence-corrected chi connectivity index (χ4v) is 4.49. The Morgan fingerprint density at radius 3 is 2.21 bits per heavy atom. The third-order valence-electron chi connectivity index (χ3n) is 2.70. The summed E-state index contributed by atoms with van der Waals surface area (Å²) in [6.45, 7) is 1.32. The van der Waals surface area contributed by atoms with E-state index in [0.717, 1.165) is 0 Å². The van der Waals surface area contributed by atoms with Crippen molar-refractivity contribution in [1.82, 2.24) is 4.31 Å². The highest BCUT2D eigenvalue weighted by atomic mass is 35.5. The van der Waals surface area contributed by atoms with Gasteiger partial charge in [-0.05, 0) is 12.1 Å². The molecular weight excluding hydrogens is 331 g/mol. The molecule has 0 spiro atoms. The SMILES string of the molecule is O=S(=O)(c1c(Cl)cc(NS)cc1Cl)N1CCOCC1. The Balaban J connectivity index is 2.45. The number of anilines is 1. The van der Waals surface area contributed by atoms with E-state index in [1.54, 1.807) is 0 Å². The molecule has 0 amide bonds. The van der Waals surface area contributed by atoms with Crippen LogP contribution in [0.15, 0.2) is 17.0 Å². The van der Waals surface area contributed by atoms with Gasteiger partial charge in [-0.3, -0.25) is 0 Å². The molecule has 1 fully saturated rings. The average Bonchev–Trinajstić information content (AvgIpc) is 2.38. The Kier molecular flexibility index (Phi) is 4.86. The molecule has 2 rings (SSSR count). The Morgan fingerprint density at radius 1 is 1.21 bits per heavy atom. The third-order valence-corrected chi connectivity index (χ3v) is 5.77. The summed E-state index contributed by atoms with van der Waals surface area (Å²) < 4.78 is 34.0. The lowest BCUT2D eigenvalue weighted by molar-refractivity contribution is 0.0730. The lowest BCUT2D eigenvalue weighted by Crippen LogP contribution is -2.40. The van der Waals surface area contributed by atoms with Crippen molar-refractivity contribution in [2.45, 2.75) is 4.90 Å². The molecule has 106 valence electrons. The van der Waals surface area contributed by atoms with E-state index in [2.05, 4.69) is 17.5 Å². The summed E-state index contributed by atoms with van der Waals surface area (Å²) in [7, 11) is -3.71. The predicted molar refractivity (Wildman–Crippen MR) is 78.6 cm³/mol. The minimum Gasteiger partial charge on any atom is -0.379 e. The van der Waals surface area contributed by atoms with Gasteiger partial charge in [0, 0.05) is 18.8 Å². The topological polar surface area (TPSA) is 58.6 Å².